The van der Waals surface area contributed by atoms with Gasteiger partial charge in [0.1, 0.15) is 5.82 Å². The minimum Gasteiger partial charge on any atom is -0.325 e. The summed E-state index contributed by atoms with van der Waals surface area (Å²) in [5.74, 6) is 0.683. The van der Waals surface area contributed by atoms with Gasteiger partial charge in [-0.3, -0.25) is 4.79 Å². The molecule has 21 heavy (non-hydrogen) atoms. The zero-order chi connectivity index (χ0) is 15.4. The van der Waals surface area contributed by atoms with Crippen molar-refractivity contribution in [2.75, 3.05) is 5.32 Å². The molecule has 7 heteroatoms. The van der Waals surface area contributed by atoms with Gasteiger partial charge < -0.3 is 9.88 Å². The summed E-state index contributed by atoms with van der Waals surface area (Å²) in [5, 5.41) is 19.9. The Labute approximate surface area is 127 Å². The largest absolute Gasteiger partial charge is 0.325 e. The van der Waals surface area contributed by atoms with E-state index >= 15 is 0 Å². The monoisotopic (exact) mass is 301 g/mol. The molecule has 0 unspecified atom stereocenters. The Hall–Kier alpha value is -2.33. The number of nitriles is 1. The normalized spacial score (nSPS) is 11.7. The lowest BCUT2D eigenvalue weighted by atomic mass is 10.2. The van der Waals surface area contributed by atoms with Crippen LogP contribution < -0.4 is 5.32 Å². The minimum atomic E-state index is -0.303. The highest BCUT2D eigenvalue weighted by atomic mass is 32.2. The topological polar surface area (TPSA) is 83.6 Å². The second kappa shape index (κ2) is 6.41. The number of hydrogen-bond acceptors (Lipinski definition) is 5. The Morgan fingerprint density at radius 3 is 2.57 bits per heavy atom. The summed E-state index contributed by atoms with van der Waals surface area (Å²) in [6.07, 6.45) is 0. The smallest absolute Gasteiger partial charge is 0.237 e. The fourth-order valence-corrected chi connectivity index (χ4v) is 2.43. The van der Waals surface area contributed by atoms with Crippen LogP contribution in [0.15, 0.2) is 29.4 Å². The van der Waals surface area contributed by atoms with Crippen LogP contribution in [0.4, 0.5) is 5.69 Å². The predicted octanol–water partition coefficient (Wildman–Crippen LogP) is 2.11. The molecule has 0 saturated heterocycles. The zero-order valence-electron chi connectivity index (χ0n) is 12.0. The van der Waals surface area contributed by atoms with E-state index in [2.05, 4.69) is 15.5 Å². The summed E-state index contributed by atoms with van der Waals surface area (Å²) in [6, 6.07) is 8.79. The molecule has 0 spiro atoms. The highest BCUT2D eigenvalue weighted by molar-refractivity contribution is 8.00. The number of aromatic nitrogens is 3. The Balaban J connectivity index is 1.99. The summed E-state index contributed by atoms with van der Waals surface area (Å²) in [7, 11) is 1.86. The van der Waals surface area contributed by atoms with Crippen LogP contribution in [-0.2, 0) is 11.8 Å². The maximum atomic E-state index is 12.1. The number of nitrogens with zero attached hydrogens (tertiary/aromatic N) is 4. The second-order valence-corrected chi connectivity index (χ2v) is 5.84. The quantitative estimate of drug-likeness (QED) is 0.874. The Kier molecular flexibility index (Phi) is 4.60. The SMILES string of the molecule is Cc1nnc(S[C@H](C)C(=O)Nc2ccc(C#N)cc2)n1C. The van der Waals surface area contributed by atoms with Gasteiger partial charge >= 0.3 is 0 Å². The lowest BCUT2D eigenvalue weighted by Crippen LogP contribution is -2.22. The Bertz CT molecular complexity index is 686. The van der Waals surface area contributed by atoms with E-state index in [1.54, 1.807) is 24.3 Å². The fraction of sp³-hybridized carbons (Fsp3) is 0.286. The first-order valence-electron chi connectivity index (χ1n) is 6.35. The molecule has 0 saturated carbocycles. The molecule has 1 N–H and O–H groups in total. The van der Waals surface area contributed by atoms with Gasteiger partial charge in [0.2, 0.25) is 5.91 Å². The summed E-state index contributed by atoms with van der Waals surface area (Å²) < 4.78 is 1.84. The molecular weight excluding hydrogens is 286 g/mol. The molecule has 1 heterocycles. The van der Waals surface area contributed by atoms with Gasteiger partial charge in [0, 0.05) is 12.7 Å². The number of thioether (sulfide) groups is 1. The van der Waals surface area contributed by atoms with Gasteiger partial charge in [-0.25, -0.2) is 0 Å². The standard InChI is InChI=1S/C14H15N5OS/c1-9(21-14-18-17-10(2)19(14)3)13(20)16-12-6-4-11(8-15)5-7-12/h4-7,9H,1-3H3,(H,16,20)/t9-/m1/s1. The molecule has 1 aromatic heterocycles. The summed E-state index contributed by atoms with van der Waals surface area (Å²) in [5.41, 5.74) is 1.23. The van der Waals surface area contributed by atoms with Crippen molar-refractivity contribution in [1.29, 1.82) is 5.26 Å². The first kappa shape index (κ1) is 15.1. The van der Waals surface area contributed by atoms with Crippen LogP contribution >= 0.6 is 11.8 Å². The van der Waals surface area contributed by atoms with Crippen LogP contribution in [0.1, 0.15) is 18.3 Å². The summed E-state index contributed by atoms with van der Waals surface area (Å²) in [4.78, 5) is 12.1. The van der Waals surface area contributed by atoms with Crippen molar-refractivity contribution in [1.82, 2.24) is 14.8 Å². The first-order valence-corrected chi connectivity index (χ1v) is 7.23. The molecule has 0 aliphatic rings. The highest BCUT2D eigenvalue weighted by Gasteiger charge is 2.18. The van der Waals surface area contributed by atoms with Crippen molar-refractivity contribution in [3.63, 3.8) is 0 Å². The molecule has 1 amide bonds. The van der Waals surface area contributed by atoms with Gasteiger partial charge in [0.05, 0.1) is 16.9 Å². The summed E-state index contributed by atoms with van der Waals surface area (Å²) >= 11 is 1.35. The number of aryl methyl sites for hydroxylation is 1. The summed E-state index contributed by atoms with van der Waals surface area (Å²) in [6.45, 7) is 3.67. The van der Waals surface area contributed by atoms with Crippen molar-refractivity contribution in [2.24, 2.45) is 7.05 Å². The van der Waals surface area contributed by atoms with Crippen molar-refractivity contribution >= 4 is 23.4 Å². The maximum absolute atomic E-state index is 12.1. The molecule has 0 radical (unpaired) electrons. The van der Waals surface area contributed by atoms with Gasteiger partial charge in [0.25, 0.3) is 0 Å². The van der Waals surface area contributed by atoms with Crippen molar-refractivity contribution in [3.05, 3.63) is 35.7 Å². The van der Waals surface area contributed by atoms with Crippen LogP contribution in [0.3, 0.4) is 0 Å². The second-order valence-electron chi connectivity index (χ2n) is 4.53. The maximum Gasteiger partial charge on any atom is 0.237 e. The lowest BCUT2D eigenvalue weighted by molar-refractivity contribution is -0.115. The van der Waals surface area contributed by atoms with E-state index in [1.165, 1.54) is 11.8 Å². The number of carbonyl (C=O) groups excluding carboxylic acids is 1. The van der Waals surface area contributed by atoms with E-state index < -0.39 is 0 Å². The van der Waals surface area contributed by atoms with E-state index in [-0.39, 0.29) is 11.2 Å². The Morgan fingerprint density at radius 2 is 2.05 bits per heavy atom. The molecule has 0 aliphatic carbocycles. The third kappa shape index (κ3) is 3.61. The molecule has 1 atom stereocenters. The van der Waals surface area contributed by atoms with Crippen molar-refractivity contribution in [2.45, 2.75) is 24.3 Å². The van der Waals surface area contributed by atoms with Crippen LogP contribution in [0.2, 0.25) is 0 Å². The molecule has 2 aromatic rings. The van der Waals surface area contributed by atoms with Crippen LogP contribution in [-0.4, -0.2) is 25.9 Å². The van der Waals surface area contributed by atoms with Crippen molar-refractivity contribution in [3.8, 4) is 6.07 Å². The van der Waals surface area contributed by atoms with E-state index in [9.17, 15) is 4.79 Å². The third-order valence-electron chi connectivity index (χ3n) is 2.99. The molecule has 6 nitrogen and oxygen atoms in total. The number of anilines is 1. The molecule has 0 aliphatic heterocycles. The fourth-order valence-electron chi connectivity index (χ4n) is 1.57. The first-order chi connectivity index (χ1) is 10.0. The molecule has 1 aromatic carbocycles. The Morgan fingerprint density at radius 1 is 1.38 bits per heavy atom. The number of carbonyl (C=O) groups is 1. The van der Waals surface area contributed by atoms with Gasteiger partial charge in [-0.05, 0) is 38.1 Å². The van der Waals surface area contributed by atoms with E-state index in [1.807, 2.05) is 31.5 Å². The average molecular weight is 301 g/mol. The third-order valence-corrected chi connectivity index (χ3v) is 4.12. The van der Waals surface area contributed by atoms with Crippen molar-refractivity contribution < 1.29 is 4.79 Å². The number of rotatable bonds is 4. The molecule has 0 fully saturated rings. The van der Waals surface area contributed by atoms with Gasteiger partial charge in [-0.15, -0.1) is 10.2 Å². The minimum absolute atomic E-state index is 0.120. The van der Waals surface area contributed by atoms with Gasteiger partial charge in [0.15, 0.2) is 5.16 Å². The van der Waals surface area contributed by atoms with Gasteiger partial charge in [-0.1, -0.05) is 11.8 Å². The molecular formula is C14H15N5OS. The predicted molar refractivity (Wildman–Crippen MR) is 80.8 cm³/mol. The van der Waals surface area contributed by atoms with Crippen LogP contribution in [0.5, 0.6) is 0 Å². The zero-order valence-corrected chi connectivity index (χ0v) is 12.8. The molecule has 2 rings (SSSR count). The van der Waals surface area contributed by atoms with E-state index in [4.69, 9.17) is 5.26 Å². The van der Waals surface area contributed by atoms with Crippen LogP contribution in [0.25, 0.3) is 0 Å². The highest BCUT2D eigenvalue weighted by Crippen LogP contribution is 2.22. The number of nitrogens with one attached hydrogen (secondary N) is 1. The number of hydrogen-bond donors (Lipinski definition) is 1. The number of amides is 1. The van der Waals surface area contributed by atoms with Crippen LogP contribution in [0, 0.1) is 18.3 Å². The van der Waals surface area contributed by atoms with E-state index in [0.29, 0.717) is 16.4 Å². The molecule has 108 valence electrons. The molecule has 0 bridgehead atoms. The average Bonchev–Trinajstić information content (AvgIpc) is 2.80. The van der Waals surface area contributed by atoms with E-state index in [0.717, 1.165) is 5.82 Å². The van der Waals surface area contributed by atoms with Gasteiger partial charge in [-0.2, -0.15) is 5.26 Å². The number of benzene rings is 1. The lowest BCUT2D eigenvalue weighted by Gasteiger charge is -2.11.